The van der Waals surface area contributed by atoms with Crippen LogP contribution in [0.1, 0.15) is 31.7 Å². The Balaban J connectivity index is 2.06. The van der Waals surface area contributed by atoms with E-state index in [0.29, 0.717) is 49.5 Å². The Hall–Kier alpha value is -0.970. The lowest BCUT2D eigenvalue weighted by atomic mass is 9.76. The summed E-state index contributed by atoms with van der Waals surface area (Å²) in [6.07, 6.45) is 1.88. The number of carbonyl (C=O) groups is 1. The van der Waals surface area contributed by atoms with Crippen LogP contribution in [0.25, 0.3) is 0 Å². The molecule has 4 nitrogen and oxygen atoms in total. The normalized spacial score (nSPS) is 18.6. The van der Waals surface area contributed by atoms with Crippen molar-refractivity contribution in [1.82, 2.24) is 4.90 Å². The van der Waals surface area contributed by atoms with E-state index in [4.69, 9.17) is 23.2 Å². The van der Waals surface area contributed by atoms with Crippen molar-refractivity contribution in [2.24, 2.45) is 5.41 Å². The number of halogens is 2. The third kappa shape index (κ3) is 3.44. The minimum Gasteiger partial charge on any atom is -0.506 e. The maximum absolute atomic E-state index is 11.4. The van der Waals surface area contributed by atoms with Crippen molar-refractivity contribution in [2.75, 3.05) is 13.1 Å². The largest absolute Gasteiger partial charge is 0.506 e. The van der Waals surface area contributed by atoms with Crippen molar-refractivity contribution in [3.8, 4) is 5.75 Å². The fourth-order valence-electron chi connectivity index (χ4n) is 2.84. The Bertz CT molecular complexity index is 540. The summed E-state index contributed by atoms with van der Waals surface area (Å²) in [7, 11) is 0. The summed E-state index contributed by atoms with van der Waals surface area (Å²) < 4.78 is 0. The highest BCUT2D eigenvalue weighted by molar-refractivity contribution is 6.35. The SMILES string of the molecule is CCC1(C(=O)O)CCN(Cc2cc(Cl)cc(Cl)c2O)CC1. The van der Waals surface area contributed by atoms with Crippen LogP contribution in [0.4, 0.5) is 0 Å². The number of likely N-dealkylation sites (tertiary alicyclic amines) is 1. The molecule has 0 spiro atoms. The van der Waals surface area contributed by atoms with Gasteiger partial charge in [0, 0.05) is 17.1 Å². The quantitative estimate of drug-likeness (QED) is 0.881. The molecular weight excluding hydrogens is 313 g/mol. The molecule has 1 aliphatic heterocycles. The molecule has 1 saturated heterocycles. The van der Waals surface area contributed by atoms with Crippen molar-refractivity contribution in [2.45, 2.75) is 32.7 Å². The summed E-state index contributed by atoms with van der Waals surface area (Å²) in [5.74, 6) is -0.662. The van der Waals surface area contributed by atoms with Gasteiger partial charge in [0.2, 0.25) is 0 Å². The molecule has 2 N–H and O–H groups in total. The summed E-state index contributed by atoms with van der Waals surface area (Å²) in [4.78, 5) is 13.5. The first-order chi connectivity index (χ1) is 9.88. The van der Waals surface area contributed by atoms with Crippen LogP contribution >= 0.6 is 23.2 Å². The van der Waals surface area contributed by atoms with Gasteiger partial charge < -0.3 is 10.2 Å². The van der Waals surface area contributed by atoms with Gasteiger partial charge in [0.05, 0.1) is 10.4 Å². The summed E-state index contributed by atoms with van der Waals surface area (Å²) in [5, 5.41) is 20.1. The van der Waals surface area contributed by atoms with E-state index in [2.05, 4.69) is 4.90 Å². The average molecular weight is 332 g/mol. The van der Waals surface area contributed by atoms with Crippen LogP contribution in [0.2, 0.25) is 10.0 Å². The lowest BCUT2D eigenvalue weighted by Crippen LogP contribution is -2.43. The van der Waals surface area contributed by atoms with E-state index in [1.54, 1.807) is 6.07 Å². The topological polar surface area (TPSA) is 60.8 Å². The highest BCUT2D eigenvalue weighted by atomic mass is 35.5. The summed E-state index contributed by atoms with van der Waals surface area (Å²) in [6, 6.07) is 3.20. The Kier molecular flexibility index (Phi) is 5.02. The van der Waals surface area contributed by atoms with Crippen LogP contribution in [0.5, 0.6) is 5.75 Å². The van der Waals surface area contributed by atoms with Crippen LogP contribution in [0.15, 0.2) is 12.1 Å². The van der Waals surface area contributed by atoms with Gasteiger partial charge in [-0.15, -0.1) is 0 Å². The predicted molar refractivity (Wildman–Crippen MR) is 83.0 cm³/mol. The highest BCUT2D eigenvalue weighted by Gasteiger charge is 2.39. The van der Waals surface area contributed by atoms with Gasteiger partial charge in [0.25, 0.3) is 0 Å². The second kappa shape index (κ2) is 6.42. The van der Waals surface area contributed by atoms with E-state index in [0.717, 1.165) is 0 Å². The number of aliphatic carboxylic acids is 1. The van der Waals surface area contributed by atoms with Crippen molar-refractivity contribution in [3.63, 3.8) is 0 Å². The van der Waals surface area contributed by atoms with Gasteiger partial charge in [-0.2, -0.15) is 0 Å². The van der Waals surface area contributed by atoms with Gasteiger partial charge in [-0.3, -0.25) is 9.69 Å². The molecule has 0 amide bonds. The molecule has 0 aromatic heterocycles. The second-order valence-electron chi connectivity index (χ2n) is 5.61. The molecule has 0 atom stereocenters. The van der Waals surface area contributed by atoms with E-state index in [1.165, 1.54) is 6.07 Å². The molecular formula is C15H19Cl2NO3. The van der Waals surface area contributed by atoms with Crippen LogP contribution in [0.3, 0.4) is 0 Å². The first-order valence-electron chi connectivity index (χ1n) is 7.00. The number of hydrogen-bond donors (Lipinski definition) is 2. The van der Waals surface area contributed by atoms with Crippen molar-refractivity contribution >= 4 is 29.2 Å². The standard InChI is InChI=1S/C15H19Cl2NO3/c1-2-15(14(20)21)3-5-18(6-4-15)9-10-7-11(16)8-12(17)13(10)19/h7-8,19H,2-6,9H2,1H3,(H,20,21). The molecule has 0 radical (unpaired) electrons. The Morgan fingerprint density at radius 1 is 1.33 bits per heavy atom. The smallest absolute Gasteiger partial charge is 0.309 e. The maximum Gasteiger partial charge on any atom is 0.309 e. The lowest BCUT2D eigenvalue weighted by molar-refractivity contribution is -0.152. The number of piperidine rings is 1. The lowest BCUT2D eigenvalue weighted by Gasteiger charge is -2.38. The molecule has 1 aliphatic rings. The van der Waals surface area contributed by atoms with Crippen molar-refractivity contribution < 1.29 is 15.0 Å². The molecule has 6 heteroatoms. The van der Waals surface area contributed by atoms with E-state index < -0.39 is 11.4 Å². The fourth-order valence-corrected chi connectivity index (χ4v) is 3.37. The summed E-state index contributed by atoms with van der Waals surface area (Å²) in [6.45, 7) is 3.81. The zero-order chi connectivity index (χ0) is 15.6. The molecule has 1 aromatic carbocycles. The maximum atomic E-state index is 11.4. The van der Waals surface area contributed by atoms with Gasteiger partial charge in [-0.05, 0) is 44.5 Å². The van der Waals surface area contributed by atoms with Gasteiger partial charge in [-0.1, -0.05) is 30.1 Å². The summed E-state index contributed by atoms with van der Waals surface area (Å²) in [5.41, 5.74) is 0.0664. The number of aromatic hydroxyl groups is 1. The number of benzene rings is 1. The van der Waals surface area contributed by atoms with E-state index >= 15 is 0 Å². The first kappa shape index (κ1) is 16.4. The van der Waals surface area contributed by atoms with Gasteiger partial charge in [0.1, 0.15) is 5.75 Å². The minimum atomic E-state index is -0.710. The average Bonchev–Trinajstić information content (AvgIpc) is 2.45. The van der Waals surface area contributed by atoms with Gasteiger partial charge in [-0.25, -0.2) is 0 Å². The number of carboxylic acid groups (broad SMARTS) is 1. The number of nitrogens with zero attached hydrogens (tertiary/aromatic N) is 1. The molecule has 1 heterocycles. The third-order valence-electron chi connectivity index (χ3n) is 4.44. The molecule has 2 rings (SSSR count). The van der Waals surface area contributed by atoms with Crippen molar-refractivity contribution in [3.05, 3.63) is 27.7 Å². The molecule has 0 unspecified atom stereocenters. The number of rotatable bonds is 4. The zero-order valence-corrected chi connectivity index (χ0v) is 13.4. The Morgan fingerprint density at radius 2 is 1.95 bits per heavy atom. The number of phenols is 1. The van der Waals surface area contributed by atoms with E-state index in [-0.39, 0.29) is 10.8 Å². The molecule has 1 aromatic rings. The molecule has 0 aliphatic carbocycles. The minimum absolute atomic E-state index is 0.0478. The zero-order valence-electron chi connectivity index (χ0n) is 11.9. The van der Waals surface area contributed by atoms with Crippen LogP contribution in [-0.2, 0) is 11.3 Å². The van der Waals surface area contributed by atoms with Gasteiger partial charge >= 0.3 is 5.97 Å². The van der Waals surface area contributed by atoms with Crippen LogP contribution < -0.4 is 0 Å². The molecule has 21 heavy (non-hydrogen) atoms. The first-order valence-corrected chi connectivity index (χ1v) is 7.76. The number of phenolic OH excluding ortho intramolecular Hbond substituents is 1. The van der Waals surface area contributed by atoms with Gasteiger partial charge in [0.15, 0.2) is 0 Å². The summed E-state index contributed by atoms with van der Waals surface area (Å²) >= 11 is 11.9. The fraction of sp³-hybridized carbons (Fsp3) is 0.533. The number of carboxylic acids is 1. The van der Waals surface area contributed by atoms with E-state index in [9.17, 15) is 15.0 Å². The van der Waals surface area contributed by atoms with Crippen LogP contribution in [0, 0.1) is 5.41 Å². The monoisotopic (exact) mass is 331 g/mol. The Labute approximate surface area is 134 Å². The molecule has 116 valence electrons. The third-order valence-corrected chi connectivity index (χ3v) is 4.95. The predicted octanol–water partition coefficient (Wildman–Crippen LogP) is 3.78. The molecule has 0 bridgehead atoms. The highest BCUT2D eigenvalue weighted by Crippen LogP contribution is 2.37. The van der Waals surface area contributed by atoms with E-state index in [1.807, 2.05) is 6.92 Å². The second-order valence-corrected chi connectivity index (χ2v) is 6.45. The van der Waals surface area contributed by atoms with Crippen LogP contribution in [-0.4, -0.2) is 34.2 Å². The number of hydrogen-bond acceptors (Lipinski definition) is 3. The molecule has 1 fully saturated rings. The van der Waals surface area contributed by atoms with Crippen molar-refractivity contribution in [1.29, 1.82) is 0 Å². The Morgan fingerprint density at radius 3 is 2.48 bits per heavy atom. The molecule has 0 saturated carbocycles.